The van der Waals surface area contributed by atoms with Gasteiger partial charge in [-0.15, -0.1) is 0 Å². The third-order valence-electron chi connectivity index (χ3n) is 4.84. The first kappa shape index (κ1) is 20.3. The molecule has 0 spiro atoms. The van der Waals surface area contributed by atoms with Crippen LogP contribution < -0.4 is 16.2 Å². The Morgan fingerprint density at radius 1 is 1.07 bits per heavy atom. The molecule has 1 unspecified atom stereocenters. The Balaban J connectivity index is 2.08. The molecule has 1 aromatic heterocycles. The number of aliphatic imine (C=N–C) groups is 1. The lowest BCUT2D eigenvalue weighted by Gasteiger charge is -2.28. The standard InChI is InChI=1S/C23H26N4O2/c1-14(23(2,3)4)29-16-9-7-8-15(12-16)20-13-18(21(28)27-22(24)25)17-10-5-6-11-19(17)26-20/h5-14H,1-4H3,(H4,24,25,27,28). The van der Waals surface area contributed by atoms with Crippen LogP contribution in [0, 0.1) is 5.41 Å². The Kier molecular flexibility index (Phi) is 5.55. The van der Waals surface area contributed by atoms with Crippen LogP contribution >= 0.6 is 0 Å². The summed E-state index contributed by atoms with van der Waals surface area (Å²) in [4.78, 5) is 21.0. The second-order valence-electron chi connectivity index (χ2n) is 8.07. The summed E-state index contributed by atoms with van der Waals surface area (Å²) in [6, 6.07) is 16.8. The molecule has 3 aromatic rings. The molecule has 2 aromatic carbocycles. The van der Waals surface area contributed by atoms with Crippen LogP contribution in [0.25, 0.3) is 22.2 Å². The molecule has 1 atom stereocenters. The predicted octanol–water partition coefficient (Wildman–Crippen LogP) is 4.13. The number of pyridine rings is 1. The van der Waals surface area contributed by atoms with Gasteiger partial charge in [-0.1, -0.05) is 51.1 Å². The van der Waals surface area contributed by atoms with E-state index < -0.39 is 5.91 Å². The highest BCUT2D eigenvalue weighted by molar-refractivity contribution is 6.10. The van der Waals surface area contributed by atoms with Crippen molar-refractivity contribution in [1.29, 1.82) is 0 Å². The lowest BCUT2D eigenvalue weighted by atomic mass is 9.90. The molecular formula is C23H26N4O2. The van der Waals surface area contributed by atoms with Gasteiger partial charge in [0.1, 0.15) is 11.9 Å². The lowest BCUT2D eigenvalue weighted by Crippen LogP contribution is -2.28. The number of nitrogens with zero attached hydrogens (tertiary/aromatic N) is 2. The molecule has 0 saturated heterocycles. The summed E-state index contributed by atoms with van der Waals surface area (Å²) in [6.45, 7) is 8.45. The summed E-state index contributed by atoms with van der Waals surface area (Å²) < 4.78 is 6.11. The van der Waals surface area contributed by atoms with Crippen molar-refractivity contribution in [3.8, 4) is 17.0 Å². The van der Waals surface area contributed by atoms with Gasteiger partial charge in [-0.3, -0.25) is 4.79 Å². The maximum Gasteiger partial charge on any atom is 0.280 e. The van der Waals surface area contributed by atoms with Crippen molar-refractivity contribution in [3.05, 3.63) is 60.2 Å². The number of ether oxygens (including phenoxy) is 1. The van der Waals surface area contributed by atoms with Crippen molar-refractivity contribution >= 4 is 22.8 Å². The number of guanidine groups is 1. The Bertz CT molecular complexity index is 1080. The zero-order chi connectivity index (χ0) is 21.2. The molecule has 0 bridgehead atoms. The number of amides is 1. The smallest absolute Gasteiger partial charge is 0.280 e. The minimum Gasteiger partial charge on any atom is -0.490 e. The minimum absolute atomic E-state index is 0.0109. The summed E-state index contributed by atoms with van der Waals surface area (Å²) >= 11 is 0. The number of aromatic nitrogens is 1. The van der Waals surface area contributed by atoms with Crippen molar-refractivity contribution in [1.82, 2.24) is 4.98 Å². The normalized spacial score (nSPS) is 12.4. The quantitative estimate of drug-likeness (QED) is 0.515. The first-order chi connectivity index (χ1) is 13.6. The van der Waals surface area contributed by atoms with Gasteiger partial charge in [-0.05, 0) is 36.6 Å². The topological polar surface area (TPSA) is 104 Å². The van der Waals surface area contributed by atoms with E-state index in [1.807, 2.05) is 55.5 Å². The van der Waals surface area contributed by atoms with Crippen molar-refractivity contribution in [3.63, 3.8) is 0 Å². The molecule has 3 rings (SSSR count). The van der Waals surface area contributed by atoms with Gasteiger partial charge in [0, 0.05) is 10.9 Å². The average molecular weight is 390 g/mol. The van der Waals surface area contributed by atoms with E-state index in [2.05, 4.69) is 25.8 Å². The molecule has 0 aliphatic heterocycles. The molecule has 1 heterocycles. The van der Waals surface area contributed by atoms with Gasteiger partial charge in [-0.2, -0.15) is 4.99 Å². The molecule has 150 valence electrons. The van der Waals surface area contributed by atoms with Gasteiger partial charge in [0.25, 0.3) is 5.91 Å². The lowest BCUT2D eigenvalue weighted by molar-refractivity contribution is 0.100. The summed E-state index contributed by atoms with van der Waals surface area (Å²) in [6.07, 6.45) is 0.0290. The Hall–Kier alpha value is -3.41. The van der Waals surface area contributed by atoms with Crippen LogP contribution in [0.4, 0.5) is 0 Å². The molecule has 4 N–H and O–H groups in total. The molecule has 0 aliphatic rings. The van der Waals surface area contributed by atoms with Crippen LogP contribution in [0.15, 0.2) is 59.6 Å². The number of fused-ring (bicyclic) bond motifs is 1. The summed E-state index contributed by atoms with van der Waals surface area (Å²) in [5.41, 5.74) is 13.4. The third kappa shape index (κ3) is 4.71. The van der Waals surface area contributed by atoms with E-state index in [-0.39, 0.29) is 17.5 Å². The third-order valence-corrected chi connectivity index (χ3v) is 4.84. The highest BCUT2D eigenvalue weighted by Gasteiger charge is 2.22. The fourth-order valence-electron chi connectivity index (χ4n) is 2.79. The number of rotatable bonds is 4. The van der Waals surface area contributed by atoms with Gasteiger partial charge in [0.05, 0.1) is 16.8 Å². The van der Waals surface area contributed by atoms with Crippen molar-refractivity contribution in [2.75, 3.05) is 0 Å². The largest absolute Gasteiger partial charge is 0.490 e. The van der Waals surface area contributed by atoms with E-state index >= 15 is 0 Å². The fourth-order valence-corrected chi connectivity index (χ4v) is 2.79. The Morgan fingerprint density at radius 3 is 2.48 bits per heavy atom. The number of hydrogen-bond donors (Lipinski definition) is 2. The number of nitrogens with two attached hydrogens (primary N) is 2. The highest BCUT2D eigenvalue weighted by Crippen LogP contribution is 2.30. The van der Waals surface area contributed by atoms with Crippen LogP contribution in [-0.2, 0) is 0 Å². The van der Waals surface area contributed by atoms with Gasteiger partial charge in [-0.25, -0.2) is 4.98 Å². The number of carbonyl (C=O) groups is 1. The maximum atomic E-state index is 12.6. The highest BCUT2D eigenvalue weighted by atomic mass is 16.5. The van der Waals surface area contributed by atoms with Crippen molar-refractivity contribution in [2.45, 2.75) is 33.8 Å². The van der Waals surface area contributed by atoms with E-state index in [1.165, 1.54) is 0 Å². The molecule has 29 heavy (non-hydrogen) atoms. The number of benzene rings is 2. The van der Waals surface area contributed by atoms with Gasteiger partial charge in [0.15, 0.2) is 5.96 Å². The maximum absolute atomic E-state index is 12.6. The van der Waals surface area contributed by atoms with E-state index in [0.29, 0.717) is 22.2 Å². The van der Waals surface area contributed by atoms with Crippen molar-refractivity contribution in [2.24, 2.45) is 21.9 Å². The van der Waals surface area contributed by atoms with E-state index in [9.17, 15) is 4.79 Å². The molecule has 6 heteroatoms. The predicted molar refractivity (Wildman–Crippen MR) is 117 cm³/mol. The number of para-hydroxylation sites is 1. The van der Waals surface area contributed by atoms with Crippen LogP contribution in [0.1, 0.15) is 38.1 Å². The molecule has 0 saturated carbocycles. The SMILES string of the molecule is CC(Oc1cccc(-c2cc(C(=O)N=C(N)N)c3ccccc3n2)c1)C(C)(C)C. The minimum atomic E-state index is -0.501. The van der Waals surface area contributed by atoms with Gasteiger partial charge < -0.3 is 16.2 Å². The molecular weight excluding hydrogens is 364 g/mol. The van der Waals surface area contributed by atoms with Crippen LogP contribution in [-0.4, -0.2) is 23.0 Å². The molecule has 6 nitrogen and oxygen atoms in total. The van der Waals surface area contributed by atoms with Crippen molar-refractivity contribution < 1.29 is 9.53 Å². The van der Waals surface area contributed by atoms with Crippen LogP contribution in [0.3, 0.4) is 0 Å². The second kappa shape index (κ2) is 7.91. The van der Waals surface area contributed by atoms with E-state index in [0.717, 1.165) is 11.3 Å². The monoisotopic (exact) mass is 390 g/mol. The molecule has 1 amide bonds. The van der Waals surface area contributed by atoms with Crippen LogP contribution in [0.5, 0.6) is 5.75 Å². The molecule has 0 radical (unpaired) electrons. The first-order valence-corrected chi connectivity index (χ1v) is 9.46. The molecule has 0 aliphatic carbocycles. The molecule has 0 fully saturated rings. The van der Waals surface area contributed by atoms with E-state index in [4.69, 9.17) is 21.2 Å². The van der Waals surface area contributed by atoms with Crippen LogP contribution in [0.2, 0.25) is 0 Å². The van der Waals surface area contributed by atoms with E-state index in [1.54, 1.807) is 6.07 Å². The Labute approximate surface area is 170 Å². The summed E-state index contributed by atoms with van der Waals surface area (Å²) in [5.74, 6) is -0.0281. The number of carbonyl (C=O) groups excluding carboxylic acids is 1. The number of hydrogen-bond acceptors (Lipinski definition) is 3. The summed E-state index contributed by atoms with van der Waals surface area (Å²) in [7, 11) is 0. The summed E-state index contributed by atoms with van der Waals surface area (Å²) in [5, 5.41) is 0.694. The Morgan fingerprint density at radius 2 is 1.79 bits per heavy atom. The van der Waals surface area contributed by atoms with Gasteiger partial charge in [0.2, 0.25) is 0 Å². The second-order valence-corrected chi connectivity index (χ2v) is 8.07. The average Bonchev–Trinajstić information content (AvgIpc) is 2.66. The first-order valence-electron chi connectivity index (χ1n) is 9.46. The zero-order valence-electron chi connectivity index (χ0n) is 17.1. The fraction of sp³-hybridized carbons (Fsp3) is 0.261. The van der Waals surface area contributed by atoms with Gasteiger partial charge >= 0.3 is 0 Å². The zero-order valence-corrected chi connectivity index (χ0v) is 17.1.